The van der Waals surface area contributed by atoms with Gasteiger partial charge in [0.25, 0.3) is 0 Å². The van der Waals surface area contributed by atoms with Gasteiger partial charge in [-0.2, -0.15) is 5.10 Å². The second kappa shape index (κ2) is 5.76. The summed E-state index contributed by atoms with van der Waals surface area (Å²) in [5.74, 6) is 1.02. The van der Waals surface area contributed by atoms with E-state index in [2.05, 4.69) is 26.9 Å². The Balaban J connectivity index is 1.68. The number of aryl methyl sites for hydroxylation is 2. The summed E-state index contributed by atoms with van der Waals surface area (Å²) in [7, 11) is 1.96. The highest BCUT2D eigenvalue weighted by atomic mass is 16.5. The lowest BCUT2D eigenvalue weighted by Crippen LogP contribution is -2.33. The number of hydrogen-bond acceptors (Lipinski definition) is 4. The van der Waals surface area contributed by atoms with Gasteiger partial charge in [-0.05, 0) is 19.4 Å². The Morgan fingerprint density at radius 3 is 3.10 bits per heavy atom. The molecule has 0 saturated carbocycles. The van der Waals surface area contributed by atoms with Gasteiger partial charge in [-0.15, -0.1) is 0 Å². The fraction of sp³-hybridized carbons (Fsp3) is 0.571. The molecule has 1 aliphatic heterocycles. The molecule has 1 aliphatic rings. The number of aromatic nitrogens is 4. The van der Waals surface area contributed by atoms with Crippen molar-refractivity contribution < 1.29 is 4.74 Å². The van der Waals surface area contributed by atoms with E-state index in [-0.39, 0.29) is 6.10 Å². The van der Waals surface area contributed by atoms with Crippen LogP contribution in [0, 0.1) is 0 Å². The molecule has 108 valence electrons. The number of ether oxygens (including phenoxy) is 1. The molecular formula is C14H21N5O. The summed E-state index contributed by atoms with van der Waals surface area (Å²) in [6, 6.07) is 2.34. The zero-order valence-corrected chi connectivity index (χ0v) is 12.0. The highest BCUT2D eigenvalue weighted by molar-refractivity contribution is 5.05. The van der Waals surface area contributed by atoms with E-state index >= 15 is 0 Å². The first kappa shape index (κ1) is 13.3. The maximum Gasteiger partial charge on any atom is 0.139 e. The first-order valence-corrected chi connectivity index (χ1v) is 7.12. The highest BCUT2D eigenvalue weighted by Crippen LogP contribution is 2.28. The lowest BCUT2D eigenvalue weighted by atomic mass is 10.1. The minimum atomic E-state index is 0.0400. The van der Waals surface area contributed by atoms with Gasteiger partial charge in [0, 0.05) is 51.4 Å². The first-order chi connectivity index (χ1) is 9.79. The van der Waals surface area contributed by atoms with Crippen LogP contribution in [-0.2, 0) is 24.9 Å². The summed E-state index contributed by atoms with van der Waals surface area (Å²) in [4.78, 5) is 4.46. The van der Waals surface area contributed by atoms with Crippen LogP contribution in [-0.4, -0.2) is 32.0 Å². The Labute approximate surface area is 118 Å². The number of nitrogens with one attached hydrogen (secondary N) is 1. The summed E-state index contributed by atoms with van der Waals surface area (Å²) >= 11 is 0. The van der Waals surface area contributed by atoms with Crippen LogP contribution in [0.4, 0.5) is 0 Å². The molecule has 1 N–H and O–H groups in total. The average molecular weight is 275 g/mol. The van der Waals surface area contributed by atoms with E-state index in [0.717, 1.165) is 31.9 Å². The van der Waals surface area contributed by atoms with E-state index in [0.29, 0.717) is 6.04 Å². The molecule has 2 aromatic heterocycles. The van der Waals surface area contributed by atoms with Crippen LogP contribution in [0.2, 0.25) is 0 Å². The standard InChI is InChI=1S/C14H21N5O/c1-3-19-8-7-15-14(19)13-12(5-9-20-13)16-10-11-4-6-17-18(11)2/h4,6-8,12-13,16H,3,5,9-10H2,1-2H3/t12-,13-/m0/s1. The second-order valence-electron chi connectivity index (χ2n) is 5.09. The van der Waals surface area contributed by atoms with Gasteiger partial charge < -0.3 is 14.6 Å². The van der Waals surface area contributed by atoms with Gasteiger partial charge in [-0.1, -0.05) is 0 Å². The number of hydrogen-bond donors (Lipinski definition) is 1. The Bertz CT molecular complexity index is 561. The number of nitrogens with zero attached hydrogens (tertiary/aromatic N) is 4. The first-order valence-electron chi connectivity index (χ1n) is 7.12. The smallest absolute Gasteiger partial charge is 0.139 e. The van der Waals surface area contributed by atoms with Crippen molar-refractivity contribution in [2.75, 3.05) is 6.61 Å². The van der Waals surface area contributed by atoms with Crippen LogP contribution >= 0.6 is 0 Å². The summed E-state index contributed by atoms with van der Waals surface area (Å²) in [6.07, 6.45) is 6.73. The van der Waals surface area contributed by atoms with Gasteiger partial charge in [0.2, 0.25) is 0 Å². The molecule has 6 nitrogen and oxygen atoms in total. The maximum atomic E-state index is 5.88. The van der Waals surface area contributed by atoms with Crippen LogP contribution < -0.4 is 5.32 Å². The molecule has 20 heavy (non-hydrogen) atoms. The van der Waals surface area contributed by atoms with E-state index in [1.54, 1.807) is 0 Å². The summed E-state index contributed by atoms with van der Waals surface area (Å²) in [5.41, 5.74) is 1.18. The topological polar surface area (TPSA) is 56.9 Å². The average Bonchev–Trinajstić information content (AvgIpc) is 3.16. The second-order valence-corrected chi connectivity index (χ2v) is 5.09. The van der Waals surface area contributed by atoms with Crippen LogP contribution in [0.5, 0.6) is 0 Å². The SMILES string of the molecule is CCn1ccnc1[C@H]1OCC[C@@H]1NCc1ccnn1C. The molecule has 1 fully saturated rings. The van der Waals surface area contributed by atoms with Crippen molar-refractivity contribution in [3.8, 4) is 0 Å². The van der Waals surface area contributed by atoms with Crippen LogP contribution in [0.3, 0.4) is 0 Å². The molecular weight excluding hydrogens is 254 g/mol. The quantitative estimate of drug-likeness (QED) is 0.892. The van der Waals surface area contributed by atoms with E-state index in [1.165, 1.54) is 5.69 Å². The third-order valence-corrected chi connectivity index (χ3v) is 3.90. The molecule has 3 heterocycles. The van der Waals surface area contributed by atoms with E-state index in [4.69, 9.17) is 4.74 Å². The summed E-state index contributed by atoms with van der Waals surface area (Å²) in [5, 5.41) is 7.76. The van der Waals surface area contributed by atoms with Crippen molar-refractivity contribution in [2.45, 2.75) is 38.6 Å². The minimum Gasteiger partial charge on any atom is -0.369 e. The molecule has 2 aromatic rings. The number of imidazole rings is 1. The molecule has 2 atom stereocenters. The lowest BCUT2D eigenvalue weighted by molar-refractivity contribution is 0.0884. The van der Waals surface area contributed by atoms with Gasteiger partial charge in [-0.3, -0.25) is 4.68 Å². The highest BCUT2D eigenvalue weighted by Gasteiger charge is 2.32. The molecule has 3 rings (SSSR count). The Morgan fingerprint density at radius 1 is 1.45 bits per heavy atom. The molecule has 6 heteroatoms. The molecule has 0 spiro atoms. The maximum absolute atomic E-state index is 5.88. The molecule has 1 saturated heterocycles. The van der Waals surface area contributed by atoms with Gasteiger partial charge in [-0.25, -0.2) is 4.98 Å². The van der Waals surface area contributed by atoms with Crippen molar-refractivity contribution >= 4 is 0 Å². The third-order valence-electron chi connectivity index (χ3n) is 3.90. The van der Waals surface area contributed by atoms with E-state index in [1.807, 2.05) is 36.4 Å². The lowest BCUT2D eigenvalue weighted by Gasteiger charge is -2.20. The third kappa shape index (κ3) is 2.48. The largest absolute Gasteiger partial charge is 0.369 e. The van der Waals surface area contributed by atoms with Gasteiger partial charge in [0.15, 0.2) is 0 Å². The van der Waals surface area contributed by atoms with Crippen molar-refractivity contribution in [3.63, 3.8) is 0 Å². The Hall–Kier alpha value is -1.66. The predicted octanol–water partition coefficient (Wildman–Crippen LogP) is 1.26. The zero-order valence-electron chi connectivity index (χ0n) is 12.0. The normalized spacial score (nSPS) is 22.5. The summed E-state index contributed by atoms with van der Waals surface area (Å²) < 4.78 is 9.93. The van der Waals surface area contributed by atoms with Crippen molar-refractivity contribution in [3.05, 3.63) is 36.2 Å². The van der Waals surface area contributed by atoms with Crippen LogP contribution in [0.25, 0.3) is 0 Å². The van der Waals surface area contributed by atoms with E-state index in [9.17, 15) is 0 Å². The Kier molecular flexibility index (Phi) is 3.84. The van der Waals surface area contributed by atoms with Crippen molar-refractivity contribution in [2.24, 2.45) is 7.05 Å². The molecule has 0 unspecified atom stereocenters. The fourth-order valence-corrected chi connectivity index (χ4v) is 2.71. The van der Waals surface area contributed by atoms with Gasteiger partial charge >= 0.3 is 0 Å². The van der Waals surface area contributed by atoms with Crippen LogP contribution in [0.15, 0.2) is 24.7 Å². The van der Waals surface area contributed by atoms with Crippen molar-refractivity contribution in [1.29, 1.82) is 0 Å². The molecule has 0 radical (unpaired) electrons. The molecule has 0 bridgehead atoms. The fourth-order valence-electron chi connectivity index (χ4n) is 2.71. The van der Waals surface area contributed by atoms with Crippen LogP contribution in [0.1, 0.15) is 31.0 Å². The summed E-state index contributed by atoms with van der Waals surface area (Å²) in [6.45, 7) is 4.63. The molecule has 0 aliphatic carbocycles. The van der Waals surface area contributed by atoms with E-state index < -0.39 is 0 Å². The molecule has 0 aromatic carbocycles. The predicted molar refractivity (Wildman–Crippen MR) is 75.0 cm³/mol. The van der Waals surface area contributed by atoms with Crippen molar-refractivity contribution in [1.82, 2.24) is 24.6 Å². The Morgan fingerprint density at radius 2 is 2.35 bits per heavy atom. The zero-order chi connectivity index (χ0) is 13.9. The monoisotopic (exact) mass is 275 g/mol. The van der Waals surface area contributed by atoms with Gasteiger partial charge in [0.05, 0.1) is 5.69 Å². The minimum absolute atomic E-state index is 0.0400. The molecule has 0 amide bonds. The van der Waals surface area contributed by atoms with Gasteiger partial charge in [0.1, 0.15) is 11.9 Å². The number of rotatable bonds is 5.